The van der Waals surface area contributed by atoms with Gasteiger partial charge in [-0.3, -0.25) is 0 Å². The molecule has 0 atom stereocenters. The fourth-order valence-corrected chi connectivity index (χ4v) is 5.01. The first-order valence-corrected chi connectivity index (χ1v) is 12.8. The van der Waals surface area contributed by atoms with Crippen molar-refractivity contribution in [2.75, 3.05) is 12.4 Å². The lowest BCUT2D eigenvalue weighted by molar-refractivity contribution is 0.0733. The number of allylic oxidation sites excluding steroid dienone is 1. The maximum atomic E-state index is 14.0. The quantitative estimate of drug-likeness (QED) is 0.200. The normalized spacial score (nSPS) is 13.5. The number of carbonyl (C=O) groups is 1. The van der Waals surface area contributed by atoms with Gasteiger partial charge in [0.15, 0.2) is 0 Å². The Balaban J connectivity index is 1.56. The molecule has 0 radical (unpaired) electrons. The second kappa shape index (κ2) is 10.8. The summed E-state index contributed by atoms with van der Waals surface area (Å²) >= 11 is 0. The summed E-state index contributed by atoms with van der Waals surface area (Å²) in [7, 11) is 1.56. The first kappa shape index (κ1) is 26.9. The largest absolute Gasteiger partial charge is 0.496 e. The van der Waals surface area contributed by atoms with Gasteiger partial charge in [-0.1, -0.05) is 18.2 Å². The second-order valence-corrected chi connectivity index (χ2v) is 10.3. The molecule has 7 nitrogen and oxygen atoms in total. The standard InChI is InChI=1S/C32H30FN3O4/c1-19-6-7-22(33)12-28(19)39-17-26-24(10-11-27-30(26)20(2)14-32(3,4)36-27)25-9-8-23(13-29(25)38-5)40-31(37)21-15-34-18-35-16-21/h6-16,18,36H,17H2,1-5H3. The zero-order valence-electron chi connectivity index (χ0n) is 23.0. The molecule has 5 rings (SSSR count). The van der Waals surface area contributed by atoms with Crippen molar-refractivity contribution in [3.63, 3.8) is 0 Å². The molecule has 0 fully saturated rings. The molecule has 1 aliphatic heterocycles. The molecule has 8 heteroatoms. The minimum Gasteiger partial charge on any atom is -0.496 e. The number of hydrogen-bond donors (Lipinski definition) is 1. The lowest BCUT2D eigenvalue weighted by Crippen LogP contribution is -2.32. The Hall–Kier alpha value is -4.72. The number of fused-ring (bicyclic) bond motifs is 1. The van der Waals surface area contributed by atoms with E-state index in [2.05, 4.69) is 42.1 Å². The highest BCUT2D eigenvalue weighted by Crippen LogP contribution is 2.43. The van der Waals surface area contributed by atoms with Crippen LogP contribution in [0.25, 0.3) is 16.7 Å². The third-order valence-corrected chi connectivity index (χ3v) is 6.73. The van der Waals surface area contributed by atoms with Crippen LogP contribution in [-0.4, -0.2) is 28.6 Å². The zero-order valence-corrected chi connectivity index (χ0v) is 23.0. The average molecular weight is 540 g/mol. The fraction of sp³-hybridized carbons (Fsp3) is 0.219. The van der Waals surface area contributed by atoms with E-state index in [0.717, 1.165) is 39.1 Å². The molecule has 3 aromatic carbocycles. The first-order chi connectivity index (χ1) is 19.1. The third-order valence-electron chi connectivity index (χ3n) is 6.73. The van der Waals surface area contributed by atoms with E-state index >= 15 is 0 Å². The number of anilines is 1. The number of benzene rings is 3. The summed E-state index contributed by atoms with van der Waals surface area (Å²) < 4.78 is 31.5. The summed E-state index contributed by atoms with van der Waals surface area (Å²) in [6.07, 6.45) is 6.32. The number of esters is 1. The highest BCUT2D eigenvalue weighted by atomic mass is 19.1. The Morgan fingerprint density at radius 3 is 2.48 bits per heavy atom. The van der Waals surface area contributed by atoms with Gasteiger partial charge >= 0.3 is 5.97 Å². The Bertz CT molecular complexity index is 1620. The molecule has 0 aliphatic carbocycles. The molecule has 204 valence electrons. The van der Waals surface area contributed by atoms with Crippen LogP contribution in [0.4, 0.5) is 10.1 Å². The van der Waals surface area contributed by atoms with E-state index in [1.807, 2.05) is 25.1 Å². The molecule has 1 aromatic heterocycles. The minimum atomic E-state index is -0.571. The van der Waals surface area contributed by atoms with Crippen molar-refractivity contribution >= 4 is 17.2 Å². The van der Waals surface area contributed by atoms with Gasteiger partial charge in [-0.15, -0.1) is 0 Å². The van der Waals surface area contributed by atoms with E-state index in [1.165, 1.54) is 30.9 Å². The first-order valence-electron chi connectivity index (χ1n) is 12.8. The van der Waals surface area contributed by atoms with Crippen molar-refractivity contribution in [1.29, 1.82) is 0 Å². The molecule has 0 saturated heterocycles. The number of rotatable bonds is 7. The van der Waals surface area contributed by atoms with Crippen LogP contribution in [0.5, 0.6) is 17.2 Å². The number of hydrogen-bond acceptors (Lipinski definition) is 7. The van der Waals surface area contributed by atoms with E-state index in [1.54, 1.807) is 25.3 Å². The van der Waals surface area contributed by atoms with Crippen molar-refractivity contribution in [2.24, 2.45) is 0 Å². The highest BCUT2D eigenvalue weighted by molar-refractivity contribution is 5.91. The maximum Gasteiger partial charge on any atom is 0.346 e. The average Bonchev–Trinajstić information content (AvgIpc) is 2.93. The molecule has 40 heavy (non-hydrogen) atoms. The van der Waals surface area contributed by atoms with E-state index in [0.29, 0.717) is 17.2 Å². The summed E-state index contributed by atoms with van der Waals surface area (Å²) in [6.45, 7) is 8.39. The predicted octanol–water partition coefficient (Wildman–Crippen LogP) is 7.01. The van der Waals surface area contributed by atoms with E-state index in [4.69, 9.17) is 14.2 Å². The maximum absolute atomic E-state index is 14.0. The Kier molecular flexibility index (Phi) is 7.26. The van der Waals surface area contributed by atoms with Crippen LogP contribution in [0.15, 0.2) is 73.3 Å². The molecular weight excluding hydrogens is 509 g/mol. The van der Waals surface area contributed by atoms with Crippen molar-refractivity contribution < 1.29 is 23.4 Å². The third kappa shape index (κ3) is 5.52. The minimum absolute atomic E-state index is 0.198. The van der Waals surface area contributed by atoms with Gasteiger partial charge in [0.1, 0.15) is 36.0 Å². The molecule has 0 amide bonds. The number of ether oxygens (including phenoxy) is 3. The Labute approximate surface area is 232 Å². The van der Waals surface area contributed by atoms with Gasteiger partial charge in [0.2, 0.25) is 0 Å². The van der Waals surface area contributed by atoms with E-state index in [-0.39, 0.29) is 23.5 Å². The summed E-state index contributed by atoms with van der Waals surface area (Å²) in [5, 5.41) is 3.59. The number of methoxy groups -OCH3 is 1. The van der Waals surface area contributed by atoms with Crippen LogP contribution in [-0.2, 0) is 6.61 Å². The van der Waals surface area contributed by atoms with Gasteiger partial charge < -0.3 is 19.5 Å². The number of nitrogens with zero attached hydrogens (tertiary/aromatic N) is 2. The van der Waals surface area contributed by atoms with E-state index in [9.17, 15) is 9.18 Å². The summed E-state index contributed by atoms with van der Waals surface area (Å²) in [5.74, 6) is 0.388. The number of halogens is 1. The second-order valence-electron chi connectivity index (χ2n) is 10.3. The molecule has 0 unspecified atom stereocenters. The molecule has 1 aliphatic rings. The van der Waals surface area contributed by atoms with Gasteiger partial charge in [-0.2, -0.15) is 0 Å². The SMILES string of the molecule is COc1cc(OC(=O)c2cncnc2)ccc1-c1ccc2c(c1COc1cc(F)ccc1C)C(C)=CC(C)(C)N2. The van der Waals surface area contributed by atoms with Crippen LogP contribution in [0, 0.1) is 12.7 Å². The molecule has 0 saturated carbocycles. The van der Waals surface area contributed by atoms with Crippen LogP contribution >= 0.6 is 0 Å². The van der Waals surface area contributed by atoms with Gasteiger partial charge in [0.05, 0.1) is 18.2 Å². The number of carbonyl (C=O) groups excluding carboxylic acids is 1. The summed E-state index contributed by atoms with van der Waals surface area (Å²) in [6, 6.07) is 13.8. The van der Waals surface area contributed by atoms with E-state index < -0.39 is 5.97 Å². The number of aryl methyl sites for hydroxylation is 1. The topological polar surface area (TPSA) is 82.6 Å². The lowest BCUT2D eigenvalue weighted by Gasteiger charge is -2.33. The highest BCUT2D eigenvalue weighted by Gasteiger charge is 2.27. The molecular formula is C32H30FN3O4. The smallest absolute Gasteiger partial charge is 0.346 e. The number of aromatic nitrogens is 2. The fourth-order valence-electron chi connectivity index (χ4n) is 5.01. The zero-order chi connectivity index (χ0) is 28.4. The van der Waals surface area contributed by atoms with Crippen molar-refractivity contribution in [3.8, 4) is 28.4 Å². The summed E-state index contributed by atoms with van der Waals surface area (Å²) in [5.41, 5.74) is 6.56. The molecule has 0 bridgehead atoms. The van der Waals surface area contributed by atoms with Crippen LogP contribution < -0.4 is 19.5 Å². The van der Waals surface area contributed by atoms with Crippen LogP contribution in [0.3, 0.4) is 0 Å². The summed E-state index contributed by atoms with van der Waals surface area (Å²) in [4.78, 5) is 20.3. The van der Waals surface area contributed by atoms with Crippen molar-refractivity contribution in [1.82, 2.24) is 9.97 Å². The predicted molar refractivity (Wildman–Crippen MR) is 152 cm³/mol. The van der Waals surface area contributed by atoms with Crippen molar-refractivity contribution in [3.05, 3.63) is 101 Å². The van der Waals surface area contributed by atoms with Gasteiger partial charge in [0, 0.05) is 46.9 Å². The van der Waals surface area contributed by atoms with Gasteiger partial charge in [-0.25, -0.2) is 19.2 Å². The lowest BCUT2D eigenvalue weighted by atomic mass is 9.85. The molecule has 0 spiro atoms. The number of nitrogens with one attached hydrogen (secondary N) is 1. The van der Waals surface area contributed by atoms with Gasteiger partial charge in [0.25, 0.3) is 0 Å². The Morgan fingerprint density at radius 1 is 0.975 bits per heavy atom. The molecule has 4 aromatic rings. The molecule has 2 heterocycles. The molecule has 1 N–H and O–H groups in total. The van der Waals surface area contributed by atoms with Crippen LogP contribution in [0.2, 0.25) is 0 Å². The monoisotopic (exact) mass is 539 g/mol. The van der Waals surface area contributed by atoms with Crippen molar-refractivity contribution in [2.45, 2.75) is 39.8 Å². The van der Waals surface area contributed by atoms with Gasteiger partial charge in [-0.05, 0) is 68.7 Å². The Morgan fingerprint density at radius 2 is 1.73 bits per heavy atom. The van der Waals surface area contributed by atoms with Crippen LogP contribution in [0.1, 0.15) is 47.8 Å².